The third-order valence-corrected chi connectivity index (χ3v) is 9.86. The van der Waals surface area contributed by atoms with E-state index in [4.69, 9.17) is 9.97 Å². The summed E-state index contributed by atoms with van der Waals surface area (Å²) in [4.78, 5) is 15.0. The van der Waals surface area contributed by atoms with Crippen LogP contribution in [0, 0.1) is 13.0 Å². The molecule has 0 bridgehead atoms. The van der Waals surface area contributed by atoms with Gasteiger partial charge in [0.15, 0.2) is 0 Å². The number of hydrogen-bond acceptors (Lipinski definition) is 2. The van der Waals surface area contributed by atoms with E-state index in [1.165, 1.54) is 12.1 Å². The fourth-order valence-electron chi connectivity index (χ4n) is 7.62. The largest absolute Gasteiger partial charge is 2.00 e. The van der Waals surface area contributed by atoms with Crippen LogP contribution < -0.4 is 4.98 Å². The van der Waals surface area contributed by atoms with E-state index in [-0.39, 0.29) is 21.1 Å². The van der Waals surface area contributed by atoms with Gasteiger partial charge in [-0.2, -0.15) is 13.2 Å². The summed E-state index contributed by atoms with van der Waals surface area (Å²) < 4.78 is 46.2. The number of fused-ring (bicyclic) bond motifs is 7. The molecule has 258 valence electrons. The number of benzene rings is 6. The number of aromatic nitrogens is 5. The molecule has 0 spiro atoms. The Hall–Kier alpha value is -5.98. The zero-order chi connectivity index (χ0) is 35.1. The Morgan fingerprint density at radius 1 is 0.679 bits per heavy atom. The first-order chi connectivity index (χ1) is 25.3. The minimum Gasteiger partial charge on any atom is -0.656 e. The Bertz CT molecular complexity index is 3010. The van der Waals surface area contributed by atoms with Crippen molar-refractivity contribution in [3.63, 3.8) is 0 Å². The molecule has 0 saturated carbocycles. The average molecular weight is 877 g/mol. The minimum atomic E-state index is -4.48. The number of aryl methyl sites for hydroxylation is 1. The molecule has 9 heteroatoms. The van der Waals surface area contributed by atoms with Crippen LogP contribution in [-0.2, 0) is 27.2 Å². The van der Waals surface area contributed by atoms with Gasteiger partial charge in [0.25, 0.3) is 0 Å². The molecule has 0 aliphatic rings. The van der Waals surface area contributed by atoms with Crippen LogP contribution in [0.25, 0.3) is 88.7 Å². The van der Waals surface area contributed by atoms with Crippen molar-refractivity contribution in [2.75, 3.05) is 0 Å². The van der Waals surface area contributed by atoms with Crippen LogP contribution in [0.3, 0.4) is 0 Å². The Morgan fingerprint density at radius 3 is 2.25 bits per heavy atom. The maximum Gasteiger partial charge on any atom is 2.00 e. The van der Waals surface area contributed by atoms with Gasteiger partial charge in [-0.25, -0.2) is 9.97 Å². The smallest absolute Gasteiger partial charge is 0.656 e. The summed E-state index contributed by atoms with van der Waals surface area (Å²) >= 11 is 0. The van der Waals surface area contributed by atoms with E-state index >= 15 is 0 Å². The first kappa shape index (κ1) is 32.9. The van der Waals surface area contributed by atoms with E-state index in [1.54, 1.807) is 13.1 Å². The van der Waals surface area contributed by atoms with Crippen LogP contribution in [-0.4, -0.2) is 19.1 Å². The Labute approximate surface area is 315 Å². The number of hydrogen-bond donors (Lipinski definition) is 0. The fourth-order valence-corrected chi connectivity index (χ4v) is 7.62. The molecule has 4 heterocycles. The predicted molar refractivity (Wildman–Crippen MR) is 201 cm³/mol. The summed E-state index contributed by atoms with van der Waals surface area (Å²) in [5, 5.41) is 3.30. The van der Waals surface area contributed by atoms with Crippen molar-refractivity contribution in [2.24, 2.45) is 0 Å². The first-order valence-corrected chi connectivity index (χ1v) is 16.9. The summed E-state index contributed by atoms with van der Waals surface area (Å²) in [5.41, 5.74) is 8.03. The third kappa shape index (κ3) is 5.12. The molecule has 0 aliphatic carbocycles. The monoisotopic (exact) mass is 876 g/mol. The maximum absolute atomic E-state index is 14.0. The van der Waals surface area contributed by atoms with Gasteiger partial charge in [0.1, 0.15) is 11.6 Å². The number of alkyl halides is 3. The molecule has 0 N–H and O–H groups in total. The molecule has 0 amide bonds. The summed E-state index contributed by atoms with van der Waals surface area (Å²) in [6.07, 6.45) is -2.80. The van der Waals surface area contributed by atoms with Gasteiger partial charge in [0, 0.05) is 23.0 Å². The summed E-state index contributed by atoms with van der Waals surface area (Å²) in [5.74, 6) is 1.34. The second kappa shape index (κ2) is 12.3. The number of para-hydroxylation sites is 4. The molecular formula is C44H26F3N5Pt. The Balaban J connectivity index is 0.00000372. The zero-order valence-corrected chi connectivity index (χ0v) is 30.2. The second-order valence-corrected chi connectivity index (χ2v) is 13.0. The van der Waals surface area contributed by atoms with Gasteiger partial charge in [0.05, 0.1) is 16.6 Å². The van der Waals surface area contributed by atoms with Gasteiger partial charge in [-0.05, 0) is 76.6 Å². The van der Waals surface area contributed by atoms with E-state index in [9.17, 15) is 13.2 Å². The quantitative estimate of drug-likeness (QED) is 0.166. The molecule has 0 radical (unpaired) electrons. The Morgan fingerprint density at radius 2 is 1.43 bits per heavy atom. The van der Waals surface area contributed by atoms with Crippen molar-refractivity contribution in [2.45, 2.75) is 13.1 Å². The molecular weight excluding hydrogens is 851 g/mol. The van der Waals surface area contributed by atoms with E-state index in [1.807, 2.05) is 89.5 Å². The molecule has 53 heavy (non-hydrogen) atoms. The third-order valence-electron chi connectivity index (χ3n) is 9.86. The topological polar surface area (TPSA) is 49.7 Å². The molecule has 0 aliphatic heterocycles. The van der Waals surface area contributed by atoms with Crippen molar-refractivity contribution >= 4 is 54.6 Å². The second-order valence-electron chi connectivity index (χ2n) is 13.0. The van der Waals surface area contributed by atoms with E-state index < -0.39 is 11.7 Å². The molecule has 0 saturated heterocycles. The molecule has 0 unspecified atom stereocenters. The van der Waals surface area contributed by atoms with Gasteiger partial charge in [-0.3, -0.25) is 4.57 Å². The van der Waals surface area contributed by atoms with Gasteiger partial charge >= 0.3 is 27.2 Å². The van der Waals surface area contributed by atoms with Crippen molar-refractivity contribution in [3.8, 4) is 34.0 Å². The summed E-state index contributed by atoms with van der Waals surface area (Å²) in [6, 6.07) is 45.9. The van der Waals surface area contributed by atoms with E-state index in [0.717, 1.165) is 61.0 Å². The van der Waals surface area contributed by atoms with Crippen LogP contribution in [0.4, 0.5) is 13.2 Å². The minimum absolute atomic E-state index is 0. The van der Waals surface area contributed by atoms with Gasteiger partial charge in [0.2, 0.25) is 0 Å². The standard InChI is InChI=1S/C44H26F3N5.Pt/c1-26-23-28(44(45,46)47)25-35-32-21-20-27(24-38(32)52(42(26)35)39-19-7-8-22-48-39)30-14-10-18-37-41(30)50-43(51(37)29-11-3-2-4-12-29)34-16-9-15-33-31-13-5-6-17-36(31)49-40(33)34;/h2-23,25H,1H3;/q-2;+2. The van der Waals surface area contributed by atoms with Gasteiger partial charge in [-0.1, -0.05) is 89.8 Å². The van der Waals surface area contributed by atoms with Crippen LogP contribution in [0.2, 0.25) is 0 Å². The Kier molecular flexibility index (Phi) is 7.64. The fraction of sp³-hybridized carbons (Fsp3) is 0.0455. The van der Waals surface area contributed by atoms with Crippen molar-refractivity contribution < 1.29 is 34.2 Å². The van der Waals surface area contributed by atoms with Crippen molar-refractivity contribution in [3.05, 3.63) is 157 Å². The molecule has 4 aromatic heterocycles. The molecule has 0 fully saturated rings. The predicted octanol–water partition coefficient (Wildman–Crippen LogP) is 11.2. The van der Waals surface area contributed by atoms with Gasteiger partial charge < -0.3 is 9.55 Å². The SMILES string of the molecule is Cc1cc(C(F)(F)F)cc2c3ccc(-c4cccc5c4nc(-c4cccc6c4[n-]c4ccccc46)n5-c4ccccc4)[c-]c3n(-c3ccccn3)c12.[Pt+2]. The van der Waals surface area contributed by atoms with Crippen molar-refractivity contribution in [1.29, 1.82) is 0 Å². The molecule has 0 atom stereocenters. The molecule has 10 aromatic rings. The van der Waals surface area contributed by atoms with Crippen LogP contribution in [0.1, 0.15) is 11.1 Å². The number of pyridine rings is 1. The number of nitrogens with zero attached hydrogens (tertiary/aromatic N) is 5. The van der Waals surface area contributed by atoms with E-state index in [2.05, 4.69) is 52.0 Å². The normalized spacial score (nSPS) is 12.0. The van der Waals surface area contributed by atoms with Gasteiger partial charge in [-0.15, -0.1) is 34.8 Å². The summed E-state index contributed by atoms with van der Waals surface area (Å²) in [6.45, 7) is 1.71. The first-order valence-electron chi connectivity index (χ1n) is 16.9. The van der Waals surface area contributed by atoms with Crippen LogP contribution >= 0.6 is 0 Å². The average Bonchev–Trinajstić information content (AvgIpc) is 3.85. The summed E-state index contributed by atoms with van der Waals surface area (Å²) in [7, 11) is 0. The molecule has 10 rings (SSSR count). The molecule has 6 aromatic carbocycles. The maximum atomic E-state index is 14.0. The number of imidazole rings is 1. The molecule has 5 nitrogen and oxygen atoms in total. The van der Waals surface area contributed by atoms with Crippen molar-refractivity contribution in [1.82, 2.24) is 24.1 Å². The van der Waals surface area contributed by atoms with Crippen LogP contribution in [0.5, 0.6) is 0 Å². The number of rotatable bonds is 4. The zero-order valence-electron chi connectivity index (χ0n) is 28.0. The van der Waals surface area contributed by atoms with Crippen LogP contribution in [0.15, 0.2) is 140 Å². The van der Waals surface area contributed by atoms with E-state index in [0.29, 0.717) is 33.2 Å². The number of halogens is 3.